The average molecular weight is 628 g/mol. The number of halogens is 3. The quantitative estimate of drug-likeness (QED) is 0.112. The number of nitrogens with zero attached hydrogens (tertiary/aromatic N) is 1. The van der Waals surface area contributed by atoms with Gasteiger partial charge in [-0.05, 0) is 66.3 Å². The summed E-state index contributed by atoms with van der Waals surface area (Å²) in [7, 11) is -1.81. The summed E-state index contributed by atoms with van der Waals surface area (Å²) in [4.78, 5) is 13.6. The highest BCUT2D eigenvalue weighted by Gasteiger charge is 2.49. The largest absolute Gasteiger partial charge is 0.534 e. The molecule has 0 unspecified atom stereocenters. The number of aryl methyl sites for hydroxylation is 2. The molecule has 0 amide bonds. The first kappa shape index (κ1) is 29.2. The van der Waals surface area contributed by atoms with Crippen molar-refractivity contribution >= 4 is 48.3 Å². The Bertz CT molecular complexity index is 2320. The molecule has 228 valence electrons. The summed E-state index contributed by atoms with van der Waals surface area (Å²) in [5.74, 6) is 0.0780. The maximum Gasteiger partial charge on any atom is 0.534 e. The van der Waals surface area contributed by atoms with E-state index in [2.05, 4.69) is 4.18 Å². The summed E-state index contributed by atoms with van der Waals surface area (Å²) < 4.78 is 91.2. The SMILES string of the molecule is COc1cc(-c2c3c4cc(OC)c(OS(=O)(=O)C(F)(F)F)cc4oc(=O)c3n3ccc4cc(C)c(OC)cc4c23)ccc1C. The molecule has 3 aromatic carbocycles. The molecule has 3 heterocycles. The van der Waals surface area contributed by atoms with Gasteiger partial charge in [0.2, 0.25) is 0 Å². The van der Waals surface area contributed by atoms with Crippen LogP contribution in [0, 0.1) is 13.8 Å². The summed E-state index contributed by atoms with van der Waals surface area (Å²) in [5.41, 5.74) is -2.95. The van der Waals surface area contributed by atoms with Crippen molar-refractivity contribution in [2.75, 3.05) is 21.3 Å². The summed E-state index contributed by atoms with van der Waals surface area (Å²) in [6.45, 7) is 3.79. The van der Waals surface area contributed by atoms with Gasteiger partial charge in [-0.1, -0.05) is 12.1 Å². The smallest absolute Gasteiger partial charge is 0.496 e. The Morgan fingerprint density at radius 3 is 2.09 bits per heavy atom. The molecular weight excluding hydrogens is 603 g/mol. The summed E-state index contributed by atoms with van der Waals surface area (Å²) in [5, 5.41) is 2.26. The van der Waals surface area contributed by atoms with E-state index in [4.69, 9.17) is 18.6 Å². The van der Waals surface area contributed by atoms with Gasteiger partial charge in [-0.2, -0.15) is 21.6 Å². The van der Waals surface area contributed by atoms with Crippen molar-refractivity contribution in [1.29, 1.82) is 0 Å². The number of fused-ring (bicyclic) bond motifs is 7. The average Bonchev–Trinajstić information content (AvgIpc) is 3.32. The molecule has 0 aliphatic rings. The number of hydrogen-bond acceptors (Lipinski definition) is 8. The predicted molar refractivity (Wildman–Crippen MR) is 159 cm³/mol. The molecule has 3 aromatic heterocycles. The number of rotatable bonds is 6. The van der Waals surface area contributed by atoms with E-state index in [1.165, 1.54) is 13.2 Å². The molecule has 6 rings (SSSR count). The predicted octanol–water partition coefficient (Wildman–Crippen LogP) is 6.89. The Labute approximate surface area is 248 Å². The zero-order chi connectivity index (χ0) is 31.7. The van der Waals surface area contributed by atoms with Crippen LogP contribution in [0.1, 0.15) is 11.1 Å². The number of alkyl halides is 3. The molecule has 44 heavy (non-hydrogen) atoms. The number of benzene rings is 3. The molecule has 0 saturated carbocycles. The molecular formula is C31H24F3NO8S. The summed E-state index contributed by atoms with van der Waals surface area (Å²) in [6, 6.07) is 13.4. The van der Waals surface area contributed by atoms with E-state index >= 15 is 0 Å². The van der Waals surface area contributed by atoms with Crippen LogP contribution in [0.2, 0.25) is 0 Å². The number of methoxy groups -OCH3 is 3. The Kier molecular flexibility index (Phi) is 6.69. The van der Waals surface area contributed by atoms with Crippen molar-refractivity contribution in [2.24, 2.45) is 0 Å². The zero-order valence-electron chi connectivity index (χ0n) is 24.0. The molecule has 0 saturated heterocycles. The van der Waals surface area contributed by atoms with Gasteiger partial charge in [-0.3, -0.25) is 0 Å². The third kappa shape index (κ3) is 4.37. The Morgan fingerprint density at radius 2 is 1.43 bits per heavy atom. The lowest BCUT2D eigenvalue weighted by Crippen LogP contribution is -2.28. The van der Waals surface area contributed by atoms with Crippen LogP contribution in [0.4, 0.5) is 13.2 Å². The fourth-order valence-electron chi connectivity index (χ4n) is 5.51. The van der Waals surface area contributed by atoms with Gasteiger partial charge in [-0.25, -0.2) is 4.79 Å². The van der Waals surface area contributed by atoms with E-state index in [1.807, 2.05) is 50.2 Å². The topological polar surface area (TPSA) is 106 Å². The van der Waals surface area contributed by atoms with Crippen molar-refractivity contribution in [3.63, 3.8) is 0 Å². The lowest BCUT2D eigenvalue weighted by molar-refractivity contribution is -0.0500. The molecule has 9 nitrogen and oxygen atoms in total. The summed E-state index contributed by atoms with van der Waals surface area (Å²) >= 11 is 0. The first-order valence-electron chi connectivity index (χ1n) is 13.0. The monoisotopic (exact) mass is 627 g/mol. The van der Waals surface area contributed by atoms with Crippen molar-refractivity contribution < 1.29 is 44.4 Å². The fraction of sp³-hybridized carbons (Fsp3) is 0.194. The van der Waals surface area contributed by atoms with E-state index in [9.17, 15) is 26.4 Å². The van der Waals surface area contributed by atoms with Gasteiger partial charge >= 0.3 is 21.3 Å². The molecule has 0 radical (unpaired) electrons. The van der Waals surface area contributed by atoms with Crippen LogP contribution in [0.5, 0.6) is 23.0 Å². The molecule has 0 aliphatic carbocycles. The molecule has 6 aromatic rings. The first-order chi connectivity index (χ1) is 20.8. The first-order valence-corrected chi connectivity index (χ1v) is 14.5. The minimum atomic E-state index is -6.05. The van der Waals surface area contributed by atoms with Crippen molar-refractivity contribution in [3.8, 4) is 34.1 Å². The Balaban J connectivity index is 1.83. The van der Waals surface area contributed by atoms with Crippen LogP contribution >= 0.6 is 0 Å². The van der Waals surface area contributed by atoms with Gasteiger partial charge in [0.1, 0.15) is 22.6 Å². The van der Waals surface area contributed by atoms with Gasteiger partial charge in [0.05, 0.1) is 26.8 Å². The third-order valence-electron chi connectivity index (χ3n) is 7.54. The molecule has 0 aliphatic heterocycles. The molecule has 13 heteroatoms. The molecule has 0 spiro atoms. The van der Waals surface area contributed by atoms with Crippen LogP contribution in [0.15, 0.2) is 63.9 Å². The number of aromatic nitrogens is 1. The number of pyridine rings is 1. The van der Waals surface area contributed by atoms with Crippen LogP contribution in [0.3, 0.4) is 0 Å². The highest BCUT2D eigenvalue weighted by molar-refractivity contribution is 7.88. The van der Waals surface area contributed by atoms with Crippen LogP contribution in [-0.2, 0) is 10.1 Å². The maximum atomic E-state index is 13.6. The number of hydrogen-bond donors (Lipinski definition) is 0. The van der Waals surface area contributed by atoms with E-state index in [-0.39, 0.29) is 22.2 Å². The normalized spacial score (nSPS) is 12.4. The van der Waals surface area contributed by atoms with E-state index in [0.29, 0.717) is 33.5 Å². The molecule has 0 atom stereocenters. The third-order valence-corrected chi connectivity index (χ3v) is 8.51. The minimum absolute atomic E-state index is 0.141. The second kappa shape index (κ2) is 10.1. The zero-order valence-corrected chi connectivity index (χ0v) is 24.8. The lowest BCUT2D eigenvalue weighted by atomic mass is 9.97. The van der Waals surface area contributed by atoms with Gasteiger partial charge in [-0.15, -0.1) is 0 Å². The standard InChI is InChI=1S/C31H24F3NO8S/c1-15-6-7-18(11-21(15)39-3)26-27-20-13-24(41-5)25(43-44(37,38)31(32,33)34)14-23(20)42-30(36)29(27)35-9-8-17-10-16(2)22(40-4)12-19(17)28(26)35/h6-14H,1-5H3. The molecule has 0 fully saturated rings. The van der Waals surface area contributed by atoms with Crippen LogP contribution < -0.4 is 24.0 Å². The second-order valence-corrected chi connectivity index (χ2v) is 11.6. The maximum absolute atomic E-state index is 13.6. The number of ether oxygens (including phenoxy) is 3. The van der Waals surface area contributed by atoms with Crippen LogP contribution in [-0.4, -0.2) is 39.7 Å². The van der Waals surface area contributed by atoms with E-state index in [1.54, 1.807) is 17.7 Å². The fourth-order valence-corrected chi connectivity index (χ4v) is 5.97. The highest BCUT2D eigenvalue weighted by atomic mass is 32.2. The molecule has 0 bridgehead atoms. The second-order valence-electron chi connectivity index (χ2n) is 10.1. The van der Waals surface area contributed by atoms with Gasteiger partial charge in [0.25, 0.3) is 0 Å². The lowest BCUT2D eigenvalue weighted by Gasteiger charge is -2.14. The van der Waals surface area contributed by atoms with Gasteiger partial charge in [0.15, 0.2) is 11.5 Å². The summed E-state index contributed by atoms with van der Waals surface area (Å²) in [6.07, 6.45) is 1.73. The van der Waals surface area contributed by atoms with Crippen molar-refractivity contribution in [2.45, 2.75) is 19.4 Å². The highest BCUT2D eigenvalue weighted by Crippen LogP contribution is 2.45. The molecule has 0 N–H and O–H groups in total. The van der Waals surface area contributed by atoms with Crippen LogP contribution in [0.25, 0.3) is 49.3 Å². The van der Waals surface area contributed by atoms with Gasteiger partial charge in [0, 0.05) is 34.0 Å². The van der Waals surface area contributed by atoms with E-state index < -0.39 is 27.0 Å². The van der Waals surface area contributed by atoms with Gasteiger partial charge < -0.3 is 27.2 Å². The minimum Gasteiger partial charge on any atom is -0.496 e. The Morgan fingerprint density at radius 1 is 0.773 bits per heavy atom. The Hall–Kier alpha value is -4.91. The van der Waals surface area contributed by atoms with E-state index in [0.717, 1.165) is 35.1 Å². The van der Waals surface area contributed by atoms with Crippen molar-refractivity contribution in [1.82, 2.24) is 4.40 Å². The van der Waals surface area contributed by atoms with Crippen molar-refractivity contribution in [3.05, 3.63) is 76.3 Å².